The zero-order valence-electron chi connectivity index (χ0n) is 16.6. The van der Waals surface area contributed by atoms with Crippen molar-refractivity contribution >= 4 is 22.6 Å². The van der Waals surface area contributed by atoms with E-state index in [0.717, 1.165) is 44.5 Å². The summed E-state index contributed by atoms with van der Waals surface area (Å²) in [5.74, 6) is -1.23. The number of piperazine rings is 1. The van der Waals surface area contributed by atoms with Gasteiger partial charge in [-0.2, -0.15) is 4.57 Å². The summed E-state index contributed by atoms with van der Waals surface area (Å²) in [6, 6.07) is 3.40. The molecule has 0 atom stereocenters. The van der Waals surface area contributed by atoms with Gasteiger partial charge in [0, 0.05) is 45.1 Å². The van der Waals surface area contributed by atoms with E-state index in [0.29, 0.717) is 11.1 Å². The molecule has 0 radical (unpaired) electrons. The quantitative estimate of drug-likeness (QED) is 0.625. The molecular formula is C21H27FN3O3+. The molecule has 0 spiro atoms. The van der Waals surface area contributed by atoms with Gasteiger partial charge in [-0.15, -0.1) is 0 Å². The normalized spacial score (nSPS) is 17.8. The summed E-state index contributed by atoms with van der Waals surface area (Å²) in [4.78, 5) is 14.6. The van der Waals surface area contributed by atoms with Gasteiger partial charge in [0.25, 0.3) is 0 Å². The van der Waals surface area contributed by atoms with Crippen LogP contribution in [-0.4, -0.2) is 42.9 Å². The predicted molar refractivity (Wildman–Crippen MR) is 104 cm³/mol. The minimum Gasteiger partial charge on any atom is -0.506 e. The van der Waals surface area contributed by atoms with Crippen LogP contribution in [0.1, 0.15) is 50.0 Å². The van der Waals surface area contributed by atoms with Crippen LogP contribution in [-0.2, 0) is 4.74 Å². The molecule has 2 aliphatic rings. The van der Waals surface area contributed by atoms with Crippen LogP contribution in [0.3, 0.4) is 0 Å². The highest BCUT2D eigenvalue weighted by Crippen LogP contribution is 2.37. The second-order valence-corrected chi connectivity index (χ2v) is 8.59. The molecule has 6 nitrogen and oxygen atoms in total. The van der Waals surface area contributed by atoms with E-state index in [1.165, 1.54) is 6.07 Å². The minimum absolute atomic E-state index is 0.0728. The number of pyridine rings is 1. The van der Waals surface area contributed by atoms with Gasteiger partial charge in [-0.1, -0.05) is 0 Å². The fourth-order valence-corrected chi connectivity index (χ4v) is 3.65. The molecule has 7 heteroatoms. The minimum atomic E-state index is -0.680. The zero-order valence-corrected chi connectivity index (χ0v) is 16.6. The first-order chi connectivity index (χ1) is 13.2. The van der Waals surface area contributed by atoms with Gasteiger partial charge in [-0.3, -0.25) is 0 Å². The van der Waals surface area contributed by atoms with E-state index in [-0.39, 0.29) is 17.4 Å². The number of benzene rings is 1. The molecule has 1 saturated carbocycles. The molecule has 1 aliphatic heterocycles. The second kappa shape index (κ2) is 6.88. The summed E-state index contributed by atoms with van der Waals surface area (Å²) in [6.45, 7) is 8.40. The average molecular weight is 388 g/mol. The number of nitrogens with one attached hydrogen (secondary N) is 1. The van der Waals surface area contributed by atoms with E-state index < -0.39 is 17.4 Å². The molecule has 28 heavy (non-hydrogen) atoms. The van der Waals surface area contributed by atoms with Gasteiger partial charge in [0.05, 0.1) is 11.1 Å². The third-order valence-corrected chi connectivity index (χ3v) is 5.14. The molecule has 0 amide bonds. The van der Waals surface area contributed by atoms with Crippen molar-refractivity contribution in [1.82, 2.24) is 5.32 Å². The number of hydrogen-bond donors (Lipinski definition) is 2. The standard InChI is InChI=1S/C21H26FN3O3/c1-21(2,3)28-20(27)15-12-25(13-4-5-13)17-11-18(24-8-6-23-7-9-24)16(22)10-14(17)19(15)26/h10-13,23H,4-9H2,1-3H3/p+1. The van der Waals surface area contributed by atoms with Crippen LogP contribution >= 0.6 is 0 Å². The maximum atomic E-state index is 14.9. The highest BCUT2D eigenvalue weighted by atomic mass is 19.1. The number of rotatable bonds is 3. The lowest BCUT2D eigenvalue weighted by molar-refractivity contribution is -0.675. The number of nitrogens with zero attached hydrogens (tertiary/aromatic N) is 2. The van der Waals surface area contributed by atoms with Gasteiger partial charge in [-0.05, 0) is 26.8 Å². The van der Waals surface area contributed by atoms with Crippen LogP contribution in [0.2, 0.25) is 0 Å². The van der Waals surface area contributed by atoms with Crippen molar-refractivity contribution in [3.8, 4) is 5.75 Å². The summed E-state index contributed by atoms with van der Waals surface area (Å²) in [5, 5.41) is 14.4. The Morgan fingerprint density at radius 3 is 2.57 bits per heavy atom. The van der Waals surface area contributed by atoms with E-state index in [1.54, 1.807) is 33.0 Å². The van der Waals surface area contributed by atoms with Gasteiger partial charge in [0.2, 0.25) is 5.52 Å². The smallest absolute Gasteiger partial charge is 0.348 e. The SMILES string of the molecule is CC(C)(C)OC(=O)c1c[n+](C2CC2)c2cc(N3CCNCC3)c(F)cc2c1O. The fraction of sp³-hybridized carbons (Fsp3) is 0.524. The van der Waals surface area contributed by atoms with Crippen molar-refractivity contribution in [3.63, 3.8) is 0 Å². The van der Waals surface area contributed by atoms with Crippen molar-refractivity contribution < 1.29 is 23.6 Å². The van der Waals surface area contributed by atoms with Crippen molar-refractivity contribution in [1.29, 1.82) is 0 Å². The number of hydrogen-bond acceptors (Lipinski definition) is 5. The Kier molecular flexibility index (Phi) is 4.65. The number of anilines is 1. The first-order valence-corrected chi connectivity index (χ1v) is 9.84. The number of halogens is 1. The summed E-state index contributed by atoms with van der Waals surface area (Å²) < 4.78 is 22.4. The van der Waals surface area contributed by atoms with Gasteiger partial charge in [0.15, 0.2) is 17.8 Å². The van der Waals surface area contributed by atoms with Crippen LogP contribution in [0.4, 0.5) is 10.1 Å². The van der Waals surface area contributed by atoms with E-state index in [4.69, 9.17) is 4.74 Å². The van der Waals surface area contributed by atoms with Gasteiger partial charge < -0.3 is 20.1 Å². The monoisotopic (exact) mass is 388 g/mol. The lowest BCUT2D eigenvalue weighted by Crippen LogP contribution is -2.44. The average Bonchev–Trinajstić information content (AvgIpc) is 3.46. The number of fused-ring (bicyclic) bond motifs is 1. The summed E-state index contributed by atoms with van der Waals surface area (Å²) >= 11 is 0. The third kappa shape index (κ3) is 3.63. The number of ether oxygens (including phenoxy) is 1. The van der Waals surface area contributed by atoms with E-state index in [1.807, 2.05) is 9.47 Å². The van der Waals surface area contributed by atoms with Crippen LogP contribution in [0.15, 0.2) is 18.3 Å². The van der Waals surface area contributed by atoms with E-state index in [2.05, 4.69) is 5.32 Å². The first kappa shape index (κ1) is 18.9. The number of esters is 1. The molecule has 1 saturated heterocycles. The topological polar surface area (TPSA) is 65.7 Å². The Hall–Kier alpha value is -2.41. The highest BCUT2D eigenvalue weighted by molar-refractivity contribution is 5.99. The van der Waals surface area contributed by atoms with Crippen molar-refractivity contribution in [3.05, 3.63) is 29.7 Å². The fourth-order valence-electron chi connectivity index (χ4n) is 3.65. The molecular weight excluding hydrogens is 361 g/mol. The molecule has 150 valence electrons. The maximum absolute atomic E-state index is 14.9. The molecule has 1 aliphatic carbocycles. The Balaban J connectivity index is 1.85. The van der Waals surface area contributed by atoms with E-state index >= 15 is 0 Å². The molecule has 2 aromatic rings. The summed E-state index contributed by atoms with van der Waals surface area (Å²) in [5.41, 5.74) is 0.666. The maximum Gasteiger partial charge on any atom is 0.348 e. The molecule has 2 N–H and O–H groups in total. The van der Waals surface area contributed by atoms with Crippen LogP contribution in [0, 0.1) is 5.82 Å². The molecule has 4 rings (SSSR count). The van der Waals surface area contributed by atoms with E-state index in [9.17, 15) is 14.3 Å². The van der Waals surface area contributed by atoms with Gasteiger partial charge in [0.1, 0.15) is 17.2 Å². The lowest BCUT2D eigenvalue weighted by atomic mass is 10.1. The molecule has 0 unspecified atom stereocenters. The number of carbonyl (C=O) groups excluding carboxylic acids is 1. The van der Waals surface area contributed by atoms with Crippen molar-refractivity contribution in [2.75, 3.05) is 31.1 Å². The van der Waals surface area contributed by atoms with Crippen LogP contribution < -0.4 is 14.8 Å². The Labute approximate surface area is 163 Å². The third-order valence-electron chi connectivity index (χ3n) is 5.14. The number of carbonyl (C=O) groups is 1. The number of aromatic nitrogens is 1. The lowest BCUT2D eigenvalue weighted by Gasteiger charge is -2.29. The summed E-state index contributed by atoms with van der Waals surface area (Å²) in [6.07, 6.45) is 3.65. The van der Waals surface area contributed by atoms with Gasteiger partial charge in [-0.25, -0.2) is 9.18 Å². The predicted octanol–water partition coefficient (Wildman–Crippen LogP) is 2.67. The molecule has 2 heterocycles. The molecule has 0 bridgehead atoms. The Morgan fingerprint density at radius 1 is 1.29 bits per heavy atom. The number of aromatic hydroxyl groups is 1. The van der Waals surface area contributed by atoms with Crippen molar-refractivity contribution in [2.24, 2.45) is 0 Å². The highest BCUT2D eigenvalue weighted by Gasteiger charge is 2.37. The molecule has 1 aromatic heterocycles. The van der Waals surface area contributed by atoms with Crippen LogP contribution in [0.25, 0.3) is 10.9 Å². The summed E-state index contributed by atoms with van der Waals surface area (Å²) in [7, 11) is 0. The van der Waals surface area contributed by atoms with Crippen LogP contribution in [0.5, 0.6) is 5.75 Å². The molecule has 2 fully saturated rings. The Morgan fingerprint density at radius 2 is 1.96 bits per heavy atom. The largest absolute Gasteiger partial charge is 0.506 e. The zero-order chi connectivity index (χ0) is 20.1. The van der Waals surface area contributed by atoms with Crippen molar-refractivity contribution in [2.45, 2.75) is 45.3 Å². The first-order valence-electron chi connectivity index (χ1n) is 9.84. The Bertz CT molecular complexity index is 929. The second-order valence-electron chi connectivity index (χ2n) is 8.59. The van der Waals surface area contributed by atoms with Gasteiger partial charge >= 0.3 is 5.97 Å². The molecule has 1 aromatic carbocycles.